The van der Waals surface area contributed by atoms with Gasteiger partial charge in [-0.3, -0.25) is 10.1 Å². The third kappa shape index (κ3) is 2.96. The smallest absolute Gasteiger partial charge is 0.118 e. The minimum Gasteiger partial charge on any atom is -0.398 e. The van der Waals surface area contributed by atoms with Gasteiger partial charge in [0.1, 0.15) is 10.1 Å². The molecule has 0 unspecified atom stereocenters. The van der Waals surface area contributed by atoms with E-state index in [1.807, 2.05) is 36.5 Å². The van der Waals surface area contributed by atoms with Crippen LogP contribution in [0.1, 0.15) is 5.56 Å². The summed E-state index contributed by atoms with van der Waals surface area (Å²) in [5, 5.41) is 11.7. The molecule has 2 aromatic carbocycles. The van der Waals surface area contributed by atoms with Crippen LogP contribution in [0.3, 0.4) is 0 Å². The molecule has 0 amide bonds. The number of hydrogen-bond acceptors (Lipinski definition) is 4. The summed E-state index contributed by atoms with van der Waals surface area (Å²) in [7, 11) is 0. The lowest BCUT2D eigenvalue weighted by Gasteiger charge is -2.13. The fourth-order valence-electron chi connectivity index (χ4n) is 2.88. The Morgan fingerprint density at radius 3 is 2.72 bits per heavy atom. The predicted molar refractivity (Wildman–Crippen MR) is 105 cm³/mol. The summed E-state index contributed by atoms with van der Waals surface area (Å²) in [4.78, 5) is 4.15. The number of H-pyrrole nitrogens is 1. The normalized spacial score (nSPS) is 10.9. The number of anilines is 2. The van der Waals surface area contributed by atoms with Crippen molar-refractivity contribution < 1.29 is 0 Å². The van der Waals surface area contributed by atoms with Gasteiger partial charge in [0.25, 0.3) is 0 Å². The van der Waals surface area contributed by atoms with E-state index in [1.165, 1.54) is 0 Å². The van der Waals surface area contributed by atoms with Crippen LogP contribution >= 0.6 is 15.9 Å². The molecule has 0 bridgehead atoms. The number of halogens is 1. The molecule has 0 aliphatic heterocycles. The van der Waals surface area contributed by atoms with Crippen molar-refractivity contribution in [2.45, 2.75) is 6.54 Å². The molecule has 0 spiro atoms. The summed E-state index contributed by atoms with van der Waals surface area (Å²) in [6.07, 6.45) is 3.61. The molecule has 0 aliphatic carbocycles. The first-order valence-corrected chi connectivity index (χ1v) is 8.67. The Kier molecular flexibility index (Phi) is 4.11. The zero-order chi connectivity index (χ0) is 17.2. The van der Waals surface area contributed by atoms with Crippen LogP contribution in [0.25, 0.3) is 22.0 Å². The SMILES string of the molecule is Nc1c(-c2ccccc2)cc(NCc2cccnc2)c2n[nH]c(Br)c12. The summed E-state index contributed by atoms with van der Waals surface area (Å²) < 4.78 is 0.780. The van der Waals surface area contributed by atoms with Crippen LogP contribution in [0.5, 0.6) is 0 Å². The van der Waals surface area contributed by atoms with E-state index in [9.17, 15) is 0 Å². The van der Waals surface area contributed by atoms with Crippen LogP contribution in [0.2, 0.25) is 0 Å². The Morgan fingerprint density at radius 1 is 1.12 bits per heavy atom. The fourth-order valence-corrected chi connectivity index (χ4v) is 3.37. The van der Waals surface area contributed by atoms with Gasteiger partial charge in [-0.15, -0.1) is 0 Å². The molecule has 0 radical (unpaired) electrons. The number of rotatable bonds is 4. The molecule has 2 aromatic heterocycles. The van der Waals surface area contributed by atoms with Gasteiger partial charge in [-0.05, 0) is 39.2 Å². The number of fused-ring (bicyclic) bond motifs is 1. The maximum absolute atomic E-state index is 6.44. The molecular weight excluding hydrogens is 378 g/mol. The molecule has 4 rings (SSSR count). The monoisotopic (exact) mass is 393 g/mol. The fraction of sp³-hybridized carbons (Fsp3) is 0.0526. The molecule has 0 fully saturated rings. The third-order valence-corrected chi connectivity index (χ3v) is 4.69. The number of benzene rings is 2. The Labute approximate surface area is 153 Å². The molecule has 124 valence electrons. The van der Waals surface area contributed by atoms with Gasteiger partial charge in [0, 0.05) is 24.5 Å². The van der Waals surface area contributed by atoms with Crippen LogP contribution < -0.4 is 11.1 Å². The average Bonchev–Trinajstić information content (AvgIpc) is 3.05. The van der Waals surface area contributed by atoms with E-state index in [0.29, 0.717) is 12.2 Å². The van der Waals surface area contributed by atoms with Gasteiger partial charge >= 0.3 is 0 Å². The zero-order valence-corrected chi connectivity index (χ0v) is 14.9. The van der Waals surface area contributed by atoms with Crippen molar-refractivity contribution in [2.75, 3.05) is 11.1 Å². The average molecular weight is 394 g/mol. The zero-order valence-electron chi connectivity index (χ0n) is 13.3. The Hall–Kier alpha value is -2.86. The van der Waals surface area contributed by atoms with E-state index in [0.717, 1.165) is 37.9 Å². The Morgan fingerprint density at radius 2 is 1.96 bits per heavy atom. The van der Waals surface area contributed by atoms with E-state index in [2.05, 4.69) is 54.6 Å². The third-order valence-electron chi connectivity index (χ3n) is 4.12. The highest BCUT2D eigenvalue weighted by atomic mass is 79.9. The summed E-state index contributed by atoms with van der Waals surface area (Å²) in [6, 6.07) is 16.1. The number of aromatic nitrogens is 3. The topological polar surface area (TPSA) is 79.6 Å². The number of hydrogen-bond donors (Lipinski definition) is 3. The van der Waals surface area contributed by atoms with Gasteiger partial charge in [0.2, 0.25) is 0 Å². The number of nitrogens with two attached hydrogens (primary N) is 1. The van der Waals surface area contributed by atoms with Crippen molar-refractivity contribution in [3.8, 4) is 11.1 Å². The molecule has 25 heavy (non-hydrogen) atoms. The van der Waals surface area contributed by atoms with Crippen LogP contribution in [0, 0.1) is 0 Å². The minimum atomic E-state index is 0.658. The highest BCUT2D eigenvalue weighted by Gasteiger charge is 2.16. The summed E-state index contributed by atoms with van der Waals surface area (Å²) in [6.45, 7) is 0.658. The van der Waals surface area contributed by atoms with E-state index in [1.54, 1.807) is 6.20 Å². The molecule has 4 aromatic rings. The van der Waals surface area contributed by atoms with E-state index >= 15 is 0 Å². The van der Waals surface area contributed by atoms with E-state index < -0.39 is 0 Å². The predicted octanol–water partition coefficient (Wildman–Crippen LogP) is 4.58. The maximum Gasteiger partial charge on any atom is 0.118 e. The second-order valence-corrected chi connectivity index (χ2v) is 6.52. The van der Waals surface area contributed by atoms with Crippen molar-refractivity contribution in [1.29, 1.82) is 0 Å². The van der Waals surface area contributed by atoms with Gasteiger partial charge in [-0.1, -0.05) is 36.4 Å². The molecule has 0 saturated carbocycles. The van der Waals surface area contributed by atoms with Crippen LogP contribution in [-0.2, 0) is 6.54 Å². The lowest BCUT2D eigenvalue weighted by molar-refractivity contribution is 1.08. The van der Waals surface area contributed by atoms with Gasteiger partial charge in [0.15, 0.2) is 0 Å². The first kappa shape index (κ1) is 15.7. The second-order valence-electron chi connectivity index (χ2n) is 5.73. The quantitative estimate of drug-likeness (QED) is 0.443. The van der Waals surface area contributed by atoms with Crippen molar-refractivity contribution in [3.63, 3.8) is 0 Å². The Bertz CT molecular complexity index is 1010. The standard InChI is InChI=1S/C19H16BrN5/c20-19-16-17(21)14(13-6-2-1-3-7-13)9-15(18(16)24-25-19)23-11-12-5-4-8-22-10-12/h1-10,23H,11,21H2,(H,24,25). The largest absolute Gasteiger partial charge is 0.398 e. The first-order chi connectivity index (χ1) is 12.2. The Balaban J connectivity index is 1.82. The van der Waals surface area contributed by atoms with Crippen LogP contribution in [0.15, 0.2) is 65.5 Å². The number of nitrogens with one attached hydrogen (secondary N) is 2. The lowest BCUT2D eigenvalue weighted by atomic mass is 10.0. The summed E-state index contributed by atoms with van der Waals surface area (Å²) in [5.41, 5.74) is 12.0. The van der Waals surface area contributed by atoms with Crippen molar-refractivity contribution in [1.82, 2.24) is 15.2 Å². The molecule has 5 nitrogen and oxygen atoms in total. The molecule has 4 N–H and O–H groups in total. The molecule has 2 heterocycles. The first-order valence-electron chi connectivity index (χ1n) is 7.88. The number of pyridine rings is 1. The molecule has 0 saturated heterocycles. The van der Waals surface area contributed by atoms with Gasteiger partial charge in [-0.2, -0.15) is 5.10 Å². The second kappa shape index (κ2) is 6.57. The van der Waals surface area contributed by atoms with Crippen molar-refractivity contribution in [3.05, 3.63) is 71.1 Å². The highest BCUT2D eigenvalue weighted by molar-refractivity contribution is 9.10. The number of nitrogens with zero attached hydrogens (tertiary/aromatic N) is 2. The van der Waals surface area contributed by atoms with Gasteiger partial charge in [0.05, 0.1) is 16.8 Å². The molecular formula is C19H16BrN5. The van der Waals surface area contributed by atoms with Gasteiger partial charge in [-0.25, -0.2) is 0 Å². The number of aromatic amines is 1. The highest BCUT2D eigenvalue weighted by Crippen LogP contribution is 2.39. The maximum atomic E-state index is 6.44. The molecule has 0 aliphatic rings. The summed E-state index contributed by atoms with van der Waals surface area (Å²) >= 11 is 3.52. The molecule has 0 atom stereocenters. The van der Waals surface area contributed by atoms with Crippen molar-refractivity contribution in [2.24, 2.45) is 0 Å². The lowest BCUT2D eigenvalue weighted by Crippen LogP contribution is -2.02. The minimum absolute atomic E-state index is 0.658. The van der Waals surface area contributed by atoms with E-state index in [-0.39, 0.29) is 0 Å². The van der Waals surface area contributed by atoms with E-state index in [4.69, 9.17) is 5.73 Å². The van der Waals surface area contributed by atoms with Crippen LogP contribution in [-0.4, -0.2) is 15.2 Å². The summed E-state index contributed by atoms with van der Waals surface area (Å²) in [5.74, 6) is 0. The van der Waals surface area contributed by atoms with Gasteiger partial charge < -0.3 is 11.1 Å². The van der Waals surface area contributed by atoms with Crippen molar-refractivity contribution >= 4 is 38.2 Å². The number of nitrogen functional groups attached to an aromatic ring is 1. The molecule has 6 heteroatoms. The van der Waals surface area contributed by atoms with Crippen LogP contribution in [0.4, 0.5) is 11.4 Å².